The summed E-state index contributed by atoms with van der Waals surface area (Å²) in [5, 5.41) is 116. The Morgan fingerprint density at radius 1 is 0.351 bits per heavy atom. The van der Waals surface area contributed by atoms with E-state index in [0.717, 1.165) is 10.8 Å². The Labute approximate surface area is 748 Å². The molecule has 9 atom stereocenters. The van der Waals surface area contributed by atoms with Crippen LogP contribution in [-0.2, 0) is 112 Å². The standard InChI is InChI=1S/C82H113N21O28/c104-64(40-100-23-25-101(41-69(113)114)27-29-103(43-71(117)118)30-28-102(26-24-100)42-70(115)116)87-36-47-8-12-50(13-9-47)72(119)91-55(14-18-65(105)106)74(121)95-61(33-52-37-83-44-88-52)77(124)92-56(15-19-66(107)108)75(122)96-62(34-53-38-84-45-89-53)78(125)93-57(16-20-67(109)110)76(123)97-63(35-54-39-85-46-90-54)79(126)94-60(32-48-10-11-49-5-1-2-6-51(49)31-48)73(120)86-22-4-3-7-58(80(127)128)98-82(131)99-59(81(129)130)17-21-68(111)112/h1-2,5-6,10-11,31,37-39,44-47,50,55-63H,3-4,7-9,12-30,32-36,40-43H2,(H,83,88)(H,84,89)(H,85,90)(H,86,120)(H,87,104)(H,91,119)(H,92,124)(H,93,125)(H,94,126)(H,95,121)(H,96,122)(H,97,123)(H,105,106)(H,107,108)(H,109,110)(H,111,112)(H,113,114)(H,115,116)(H,117,118)(H,127,128)(H,129,130)(H2,98,99,131). The van der Waals surface area contributed by atoms with E-state index in [0.29, 0.717) is 18.4 Å². The van der Waals surface area contributed by atoms with Crippen LogP contribution >= 0.6 is 0 Å². The molecule has 714 valence electrons. The van der Waals surface area contributed by atoms with E-state index in [1.54, 1.807) is 56.0 Å². The number of fused-ring (bicyclic) bond motifs is 1. The van der Waals surface area contributed by atoms with Crippen molar-refractivity contribution in [3.63, 3.8) is 0 Å². The number of imidazole rings is 3. The number of carbonyl (C=O) groups is 19. The second-order valence-corrected chi connectivity index (χ2v) is 31.8. The van der Waals surface area contributed by atoms with Gasteiger partial charge in [-0.25, -0.2) is 29.3 Å². The third kappa shape index (κ3) is 38.4. The number of benzene rings is 2. The van der Waals surface area contributed by atoms with E-state index < -0.39 is 244 Å². The van der Waals surface area contributed by atoms with Crippen molar-refractivity contribution in [2.75, 3.05) is 91.6 Å². The smallest absolute Gasteiger partial charge is 0.326 e. The molecule has 4 heterocycles. The lowest BCUT2D eigenvalue weighted by Gasteiger charge is -2.33. The highest BCUT2D eigenvalue weighted by Crippen LogP contribution is 2.29. The van der Waals surface area contributed by atoms with Crippen LogP contribution in [0.1, 0.15) is 119 Å². The number of aliphatic carboxylic acids is 9. The topological polar surface area (TPSA) is 738 Å². The van der Waals surface area contributed by atoms with Crippen molar-refractivity contribution in [2.45, 2.75) is 176 Å². The van der Waals surface area contributed by atoms with Gasteiger partial charge in [0.1, 0.15) is 54.4 Å². The Hall–Kier alpha value is -14.1. The van der Waals surface area contributed by atoms with E-state index in [4.69, 9.17) is 5.11 Å². The SMILES string of the molecule is O=C(O)CCC(NC(=O)NC(CCCCNC(=O)C(Cc1ccc2ccccc2c1)NC(=O)C(Cc1c[nH]cn1)NC(=O)C(CCC(=O)O)NC(=O)C(Cc1c[nH]cn1)NC(=O)C(CCC(=O)O)NC(=O)C(Cc1c[nH]cn1)NC(=O)C(CCC(=O)O)NC(=O)C1CCC(CNC(=O)CN2CCN(CC(=O)O)CCN(CC(=O)O)CCN(CC(=O)O)CC2)CC1)C(=O)O)C(=O)O. The van der Waals surface area contributed by atoms with E-state index in [1.165, 1.54) is 37.6 Å². The third-order valence-electron chi connectivity index (χ3n) is 21.8. The number of hydrogen-bond donors (Lipinski definition) is 23. The molecule has 49 nitrogen and oxygen atoms in total. The molecule has 23 N–H and O–H groups in total. The molecule has 1 saturated carbocycles. The number of aromatic amines is 3. The molecule has 0 radical (unpaired) electrons. The molecule has 2 fully saturated rings. The molecule has 1 saturated heterocycles. The summed E-state index contributed by atoms with van der Waals surface area (Å²) in [5.74, 6) is -21.7. The molecule has 2 aromatic carbocycles. The van der Waals surface area contributed by atoms with Gasteiger partial charge in [0, 0.05) is 141 Å². The number of nitrogens with zero attached hydrogens (tertiary/aromatic N) is 7. The van der Waals surface area contributed by atoms with Crippen LogP contribution in [-0.4, -0.2) is 354 Å². The second-order valence-electron chi connectivity index (χ2n) is 31.8. The first-order valence-electron chi connectivity index (χ1n) is 42.4. The number of carboxylic acids is 9. The van der Waals surface area contributed by atoms with Gasteiger partial charge in [-0.1, -0.05) is 42.5 Å². The first kappa shape index (κ1) is 104. The van der Waals surface area contributed by atoms with Gasteiger partial charge in [-0.3, -0.25) is 96.3 Å². The fourth-order valence-electron chi connectivity index (χ4n) is 14.7. The molecule has 1 aliphatic carbocycles. The molecule has 49 heteroatoms. The van der Waals surface area contributed by atoms with Crippen LogP contribution in [0, 0.1) is 11.8 Å². The number of aromatic nitrogens is 6. The van der Waals surface area contributed by atoms with Gasteiger partial charge < -0.3 is 119 Å². The summed E-state index contributed by atoms with van der Waals surface area (Å²) in [6.07, 6.45) is 1.99. The van der Waals surface area contributed by atoms with Gasteiger partial charge in [-0.05, 0) is 92.9 Å². The van der Waals surface area contributed by atoms with Crippen molar-refractivity contribution >= 4 is 124 Å². The number of hydrogen-bond acceptors (Lipinski definition) is 26. The fraction of sp³-hybridized carbons (Fsp3) is 0.537. The predicted molar refractivity (Wildman–Crippen MR) is 454 cm³/mol. The molecule has 0 bridgehead atoms. The van der Waals surface area contributed by atoms with Crippen molar-refractivity contribution in [2.24, 2.45) is 11.8 Å². The van der Waals surface area contributed by atoms with Crippen molar-refractivity contribution in [3.8, 4) is 0 Å². The summed E-state index contributed by atoms with van der Waals surface area (Å²) >= 11 is 0. The van der Waals surface area contributed by atoms with Gasteiger partial charge >= 0.3 is 59.8 Å². The zero-order valence-electron chi connectivity index (χ0n) is 71.6. The summed E-state index contributed by atoms with van der Waals surface area (Å²) in [6.45, 7) is 0.261. The van der Waals surface area contributed by atoms with E-state index in [9.17, 15) is 132 Å². The number of carbonyl (C=O) groups excluding carboxylic acids is 10. The number of amides is 11. The summed E-state index contributed by atoms with van der Waals surface area (Å²) < 4.78 is 0. The molecule has 3 aromatic heterocycles. The second kappa shape index (κ2) is 53.6. The third-order valence-corrected chi connectivity index (χ3v) is 21.8. The summed E-state index contributed by atoms with van der Waals surface area (Å²) in [6, 6.07) is -4.08. The van der Waals surface area contributed by atoms with Gasteiger partial charge in [-0.15, -0.1) is 0 Å². The van der Waals surface area contributed by atoms with Crippen molar-refractivity contribution in [3.05, 3.63) is 103 Å². The van der Waals surface area contributed by atoms with E-state index in [-0.39, 0.29) is 153 Å². The van der Waals surface area contributed by atoms with Crippen LogP contribution < -0.4 is 58.5 Å². The van der Waals surface area contributed by atoms with Crippen molar-refractivity contribution in [1.29, 1.82) is 0 Å². The fourth-order valence-corrected chi connectivity index (χ4v) is 14.7. The average molecular weight is 1840 g/mol. The largest absolute Gasteiger partial charge is 0.481 e. The molecule has 1 aliphatic heterocycles. The minimum Gasteiger partial charge on any atom is -0.481 e. The first-order chi connectivity index (χ1) is 62.4. The van der Waals surface area contributed by atoms with Crippen LogP contribution in [0.15, 0.2) is 80.0 Å². The lowest BCUT2D eigenvalue weighted by molar-refractivity contribution is -0.141. The zero-order chi connectivity index (χ0) is 95.6. The van der Waals surface area contributed by atoms with Crippen LogP contribution in [0.25, 0.3) is 10.8 Å². The quantitative estimate of drug-likeness (QED) is 0.0165. The lowest BCUT2D eigenvalue weighted by Crippen LogP contribution is -2.61. The van der Waals surface area contributed by atoms with Crippen LogP contribution in [0.2, 0.25) is 0 Å². The average Bonchev–Trinajstić information content (AvgIpc) is 1.31. The van der Waals surface area contributed by atoms with E-state index in [1.807, 2.05) is 11.4 Å². The maximum atomic E-state index is 14.9. The number of unbranched alkanes of at least 4 members (excludes halogenated alkanes) is 1. The molecule has 9 unspecified atom stereocenters. The van der Waals surface area contributed by atoms with Crippen LogP contribution in [0.4, 0.5) is 4.79 Å². The summed E-state index contributed by atoms with van der Waals surface area (Å²) in [4.78, 5) is 277. The maximum Gasteiger partial charge on any atom is 0.326 e. The Morgan fingerprint density at radius 3 is 1.08 bits per heavy atom. The molecule has 131 heavy (non-hydrogen) atoms. The molecule has 0 spiro atoms. The summed E-state index contributed by atoms with van der Waals surface area (Å²) in [5.41, 5.74) is 0.927. The van der Waals surface area contributed by atoms with Gasteiger partial charge in [0.25, 0.3) is 0 Å². The first-order valence-corrected chi connectivity index (χ1v) is 42.4. The maximum absolute atomic E-state index is 14.9. The molecular weight excluding hydrogens is 1730 g/mol. The summed E-state index contributed by atoms with van der Waals surface area (Å²) in [7, 11) is 0. The van der Waals surface area contributed by atoms with E-state index >= 15 is 0 Å². The number of carboxylic acid groups (broad SMARTS) is 9. The van der Waals surface area contributed by atoms with Crippen LogP contribution in [0.5, 0.6) is 0 Å². The number of H-pyrrole nitrogens is 3. The van der Waals surface area contributed by atoms with Gasteiger partial charge in [-0.2, -0.15) is 0 Å². The van der Waals surface area contributed by atoms with Crippen molar-refractivity contribution < 1.29 is 137 Å². The molecular formula is C82H113N21O28. The monoisotopic (exact) mass is 1840 g/mol. The molecule has 11 amide bonds. The highest BCUT2D eigenvalue weighted by atomic mass is 16.4. The molecule has 5 aromatic rings. The zero-order valence-corrected chi connectivity index (χ0v) is 71.6. The molecule has 7 rings (SSSR count). The Bertz CT molecular complexity index is 4690. The Kier molecular flexibility index (Phi) is 42.6. The lowest BCUT2D eigenvalue weighted by atomic mass is 9.81. The normalized spacial score (nSPS) is 16.8. The number of rotatable bonds is 54. The van der Waals surface area contributed by atoms with Crippen molar-refractivity contribution in [1.82, 2.24) is 108 Å². The van der Waals surface area contributed by atoms with Gasteiger partial charge in [0.05, 0.1) is 62.2 Å². The highest BCUT2D eigenvalue weighted by molar-refractivity contribution is 5.99. The van der Waals surface area contributed by atoms with E-state index in [2.05, 4.69) is 83.1 Å². The van der Waals surface area contributed by atoms with Gasteiger partial charge in [0.15, 0.2) is 0 Å². The highest BCUT2D eigenvalue weighted by Gasteiger charge is 2.38. The van der Waals surface area contributed by atoms with Gasteiger partial charge in [0.2, 0.25) is 53.2 Å². The number of urea groups is 1. The predicted octanol–water partition coefficient (Wildman–Crippen LogP) is -3.98. The van der Waals surface area contributed by atoms with Crippen LogP contribution in [0.3, 0.4) is 0 Å². The number of nitrogens with one attached hydrogen (secondary N) is 14. The minimum atomic E-state index is -1.89. The minimum absolute atomic E-state index is 0.0328. The molecule has 2 aliphatic rings. The Balaban J connectivity index is 1.03. The Morgan fingerprint density at radius 2 is 0.702 bits per heavy atom.